The van der Waals surface area contributed by atoms with E-state index in [1.165, 1.54) is 0 Å². The minimum absolute atomic E-state index is 0.162. The van der Waals surface area contributed by atoms with Crippen LogP contribution in [0.4, 0.5) is 0 Å². The molecule has 0 unspecified atom stereocenters. The summed E-state index contributed by atoms with van der Waals surface area (Å²) in [6.07, 6.45) is 0. The van der Waals surface area contributed by atoms with E-state index in [1.807, 2.05) is 24.3 Å². The summed E-state index contributed by atoms with van der Waals surface area (Å²) in [6.45, 7) is 1.71. The number of nitrogens with two attached hydrogens (primary N) is 1. The van der Waals surface area contributed by atoms with Crippen molar-refractivity contribution in [1.82, 2.24) is 5.32 Å². The average Bonchev–Trinajstić information content (AvgIpc) is 2.02. The largest absolute Gasteiger partial charge is 0.319 e. The molecule has 0 aromatic heterocycles. The Bertz CT molecular complexity index is 277. The quantitative estimate of drug-likeness (QED) is 0.683. The van der Waals surface area contributed by atoms with Gasteiger partial charge in [0.25, 0.3) is 0 Å². The van der Waals surface area contributed by atoms with Crippen molar-refractivity contribution in [3.8, 4) is 0 Å². The first-order chi connectivity index (χ1) is 5.71. The Morgan fingerprint density at radius 2 is 1.83 bits per heavy atom. The standard InChI is InChI=1S/C9H11ClN2/c10-8-3-1-7(2-4-8)9(11)5-12-6-9/h1-4,12H,5-6,11H2. The second-order valence-electron chi connectivity index (χ2n) is 3.27. The van der Waals surface area contributed by atoms with E-state index >= 15 is 0 Å². The van der Waals surface area contributed by atoms with Crippen LogP contribution >= 0.6 is 11.6 Å². The molecule has 1 aliphatic rings. The highest BCUT2D eigenvalue weighted by molar-refractivity contribution is 6.30. The van der Waals surface area contributed by atoms with Crippen molar-refractivity contribution in [1.29, 1.82) is 0 Å². The van der Waals surface area contributed by atoms with Crippen molar-refractivity contribution in [2.24, 2.45) is 5.73 Å². The Morgan fingerprint density at radius 3 is 2.25 bits per heavy atom. The monoisotopic (exact) mass is 182 g/mol. The summed E-state index contributed by atoms with van der Waals surface area (Å²) in [6, 6.07) is 7.74. The van der Waals surface area contributed by atoms with Crippen molar-refractivity contribution in [3.63, 3.8) is 0 Å². The van der Waals surface area contributed by atoms with Gasteiger partial charge in [-0.15, -0.1) is 0 Å². The molecule has 1 heterocycles. The van der Waals surface area contributed by atoms with E-state index in [4.69, 9.17) is 17.3 Å². The topological polar surface area (TPSA) is 38.0 Å². The van der Waals surface area contributed by atoms with E-state index in [0.29, 0.717) is 0 Å². The van der Waals surface area contributed by atoms with Crippen molar-refractivity contribution < 1.29 is 0 Å². The van der Waals surface area contributed by atoms with Crippen molar-refractivity contribution in [2.75, 3.05) is 13.1 Å². The third kappa shape index (κ3) is 1.22. The van der Waals surface area contributed by atoms with Crippen LogP contribution in [0.5, 0.6) is 0 Å². The highest BCUT2D eigenvalue weighted by Crippen LogP contribution is 2.23. The summed E-state index contributed by atoms with van der Waals surface area (Å²) in [7, 11) is 0. The number of hydrogen-bond donors (Lipinski definition) is 2. The lowest BCUT2D eigenvalue weighted by atomic mass is 9.86. The fraction of sp³-hybridized carbons (Fsp3) is 0.333. The summed E-state index contributed by atoms with van der Waals surface area (Å²) in [5.41, 5.74) is 7.06. The molecule has 1 aromatic carbocycles. The SMILES string of the molecule is NC1(c2ccc(Cl)cc2)CNC1. The first kappa shape index (κ1) is 8.05. The molecular weight excluding hydrogens is 172 g/mol. The van der Waals surface area contributed by atoms with E-state index in [-0.39, 0.29) is 5.54 Å². The molecule has 0 saturated carbocycles. The predicted molar refractivity (Wildman–Crippen MR) is 50.2 cm³/mol. The third-order valence-electron chi connectivity index (χ3n) is 2.30. The van der Waals surface area contributed by atoms with Crippen molar-refractivity contribution >= 4 is 11.6 Å². The molecule has 64 valence electrons. The van der Waals surface area contributed by atoms with Gasteiger partial charge < -0.3 is 11.1 Å². The number of rotatable bonds is 1. The maximum Gasteiger partial charge on any atom is 0.0662 e. The lowest BCUT2D eigenvalue weighted by Crippen LogP contribution is -2.62. The molecule has 3 N–H and O–H groups in total. The molecule has 0 aliphatic carbocycles. The lowest BCUT2D eigenvalue weighted by molar-refractivity contribution is 0.287. The fourth-order valence-electron chi connectivity index (χ4n) is 1.38. The first-order valence-corrected chi connectivity index (χ1v) is 4.34. The zero-order valence-corrected chi connectivity index (χ0v) is 7.43. The third-order valence-corrected chi connectivity index (χ3v) is 2.55. The van der Waals surface area contributed by atoms with Crippen LogP contribution in [0.25, 0.3) is 0 Å². The van der Waals surface area contributed by atoms with Crippen LogP contribution in [0.15, 0.2) is 24.3 Å². The molecular formula is C9H11ClN2. The number of halogens is 1. The van der Waals surface area contributed by atoms with Gasteiger partial charge in [-0.2, -0.15) is 0 Å². The van der Waals surface area contributed by atoms with Gasteiger partial charge in [0.2, 0.25) is 0 Å². The lowest BCUT2D eigenvalue weighted by Gasteiger charge is -2.39. The molecule has 12 heavy (non-hydrogen) atoms. The molecule has 0 atom stereocenters. The maximum absolute atomic E-state index is 6.07. The Labute approximate surface area is 76.7 Å². The number of benzene rings is 1. The second kappa shape index (κ2) is 2.73. The maximum atomic E-state index is 6.07. The molecule has 1 saturated heterocycles. The smallest absolute Gasteiger partial charge is 0.0662 e. The average molecular weight is 183 g/mol. The van der Waals surface area contributed by atoms with Gasteiger partial charge in [0, 0.05) is 18.1 Å². The molecule has 0 radical (unpaired) electrons. The van der Waals surface area contributed by atoms with Crippen LogP contribution in [-0.2, 0) is 5.54 Å². The summed E-state index contributed by atoms with van der Waals surface area (Å²) in [5, 5.41) is 3.92. The minimum atomic E-state index is -0.162. The van der Waals surface area contributed by atoms with Crippen LogP contribution in [0.1, 0.15) is 5.56 Å². The van der Waals surface area contributed by atoms with E-state index < -0.39 is 0 Å². The number of hydrogen-bond acceptors (Lipinski definition) is 2. The molecule has 1 aliphatic heterocycles. The zero-order valence-electron chi connectivity index (χ0n) is 6.68. The summed E-state index contributed by atoms with van der Waals surface area (Å²) in [4.78, 5) is 0. The Morgan fingerprint density at radius 1 is 1.25 bits per heavy atom. The van der Waals surface area contributed by atoms with Gasteiger partial charge in [-0.25, -0.2) is 0 Å². The molecule has 0 amide bonds. The van der Waals surface area contributed by atoms with E-state index in [0.717, 1.165) is 23.7 Å². The molecule has 0 bridgehead atoms. The van der Waals surface area contributed by atoms with Crippen LogP contribution < -0.4 is 11.1 Å². The molecule has 3 heteroatoms. The molecule has 1 aromatic rings. The molecule has 0 spiro atoms. The Balaban J connectivity index is 2.28. The predicted octanol–water partition coefficient (Wildman–Crippen LogP) is 1.10. The van der Waals surface area contributed by atoms with Gasteiger partial charge in [-0.05, 0) is 17.7 Å². The van der Waals surface area contributed by atoms with Crippen LogP contribution in [0.3, 0.4) is 0 Å². The van der Waals surface area contributed by atoms with E-state index in [1.54, 1.807) is 0 Å². The van der Waals surface area contributed by atoms with Crippen LogP contribution in [0.2, 0.25) is 5.02 Å². The van der Waals surface area contributed by atoms with Gasteiger partial charge >= 0.3 is 0 Å². The summed E-state index contributed by atoms with van der Waals surface area (Å²) < 4.78 is 0. The first-order valence-electron chi connectivity index (χ1n) is 3.96. The van der Waals surface area contributed by atoms with Gasteiger partial charge in [-0.1, -0.05) is 23.7 Å². The second-order valence-corrected chi connectivity index (χ2v) is 3.70. The van der Waals surface area contributed by atoms with E-state index in [9.17, 15) is 0 Å². The Hall–Kier alpha value is -0.570. The highest BCUT2D eigenvalue weighted by atomic mass is 35.5. The van der Waals surface area contributed by atoms with Crippen molar-refractivity contribution in [3.05, 3.63) is 34.9 Å². The van der Waals surface area contributed by atoms with Gasteiger partial charge in [0.15, 0.2) is 0 Å². The summed E-state index contributed by atoms with van der Waals surface area (Å²) in [5.74, 6) is 0. The minimum Gasteiger partial charge on any atom is -0.319 e. The highest BCUT2D eigenvalue weighted by Gasteiger charge is 2.33. The van der Waals surface area contributed by atoms with Gasteiger partial charge in [-0.3, -0.25) is 0 Å². The normalized spacial score (nSPS) is 20.2. The molecule has 1 fully saturated rings. The van der Waals surface area contributed by atoms with Crippen molar-refractivity contribution in [2.45, 2.75) is 5.54 Å². The molecule has 2 nitrogen and oxygen atoms in total. The zero-order chi connectivity index (χ0) is 8.60. The van der Waals surface area contributed by atoms with Crippen LogP contribution in [0, 0.1) is 0 Å². The Kier molecular flexibility index (Phi) is 1.83. The van der Waals surface area contributed by atoms with Gasteiger partial charge in [0.05, 0.1) is 5.54 Å². The van der Waals surface area contributed by atoms with Gasteiger partial charge in [0.1, 0.15) is 0 Å². The molecule has 2 rings (SSSR count). The number of nitrogens with one attached hydrogen (secondary N) is 1. The summed E-state index contributed by atoms with van der Waals surface area (Å²) >= 11 is 5.77. The van der Waals surface area contributed by atoms with Crippen LogP contribution in [-0.4, -0.2) is 13.1 Å². The van der Waals surface area contributed by atoms with E-state index in [2.05, 4.69) is 5.32 Å². The fourth-order valence-corrected chi connectivity index (χ4v) is 1.51.